The number of esters is 1. The lowest BCUT2D eigenvalue weighted by molar-refractivity contribution is -0.305. The summed E-state index contributed by atoms with van der Waals surface area (Å²) in [6.07, 6.45) is 52.7. The SMILES string of the molecule is CC/C=C/C/C=C/C/C=C/CCCCCCC(=O)OC1C(OCC(NC(=O)C(O)CCCCCCCCCCCC/C=C/CCCCCCCC)C(O)/C=C/CCCCCCCCCCC)OC(CO)C(O)C1O. The highest BCUT2D eigenvalue weighted by Gasteiger charge is 2.47. The molecular formula is C63H113NO10. The molecule has 430 valence electrons. The molecule has 1 saturated heterocycles. The van der Waals surface area contributed by atoms with Gasteiger partial charge in [0, 0.05) is 6.42 Å². The molecule has 0 aromatic carbocycles. The lowest BCUT2D eigenvalue weighted by atomic mass is 9.99. The number of nitrogens with one attached hydrogen (secondary N) is 1. The summed E-state index contributed by atoms with van der Waals surface area (Å²) in [7, 11) is 0. The summed E-state index contributed by atoms with van der Waals surface area (Å²) in [6, 6.07) is -1.03. The molecule has 0 aromatic rings. The zero-order chi connectivity index (χ0) is 54.0. The molecule has 0 spiro atoms. The maximum absolute atomic E-state index is 13.4. The highest BCUT2D eigenvalue weighted by molar-refractivity contribution is 5.80. The molecule has 6 N–H and O–H groups in total. The number of rotatable bonds is 51. The fourth-order valence-electron chi connectivity index (χ4n) is 9.31. The Hall–Kier alpha value is -2.64. The van der Waals surface area contributed by atoms with Gasteiger partial charge in [0.15, 0.2) is 12.4 Å². The first kappa shape index (κ1) is 69.4. The van der Waals surface area contributed by atoms with E-state index >= 15 is 0 Å². The molecule has 0 aliphatic carbocycles. The number of amides is 1. The summed E-state index contributed by atoms with van der Waals surface area (Å²) in [5.74, 6) is -1.22. The molecule has 0 aromatic heterocycles. The van der Waals surface area contributed by atoms with Crippen LogP contribution in [0.3, 0.4) is 0 Å². The minimum absolute atomic E-state index is 0.0967. The number of unbranched alkanes of at least 4 members (excludes halogenated alkanes) is 29. The van der Waals surface area contributed by atoms with Gasteiger partial charge in [0.2, 0.25) is 5.91 Å². The molecule has 1 aliphatic heterocycles. The van der Waals surface area contributed by atoms with Crippen LogP contribution in [0.1, 0.15) is 265 Å². The predicted octanol–water partition coefficient (Wildman–Crippen LogP) is 14.2. The summed E-state index contributed by atoms with van der Waals surface area (Å²) < 4.78 is 17.6. The van der Waals surface area contributed by atoms with Crippen LogP contribution in [0.5, 0.6) is 0 Å². The highest BCUT2D eigenvalue weighted by atomic mass is 16.7. The summed E-state index contributed by atoms with van der Waals surface area (Å²) in [5.41, 5.74) is 0. The van der Waals surface area contributed by atoms with Gasteiger partial charge in [-0.2, -0.15) is 0 Å². The number of hydrogen-bond donors (Lipinski definition) is 6. The van der Waals surface area contributed by atoms with Crippen molar-refractivity contribution in [1.82, 2.24) is 5.32 Å². The maximum atomic E-state index is 13.4. The zero-order valence-corrected chi connectivity index (χ0v) is 47.5. The minimum Gasteiger partial charge on any atom is -0.454 e. The Labute approximate surface area is 452 Å². The molecule has 11 nitrogen and oxygen atoms in total. The van der Waals surface area contributed by atoms with Gasteiger partial charge in [-0.3, -0.25) is 9.59 Å². The van der Waals surface area contributed by atoms with Crippen molar-refractivity contribution in [2.45, 2.75) is 314 Å². The number of hydrogen-bond acceptors (Lipinski definition) is 10. The maximum Gasteiger partial charge on any atom is 0.306 e. The standard InChI is InChI=1S/C63H113NO10/c1-4-7-10-13-16-19-22-24-26-27-28-29-30-31-32-35-38-41-44-47-50-56(67)62(71)64-54(55(66)49-46-43-40-37-34-21-18-15-12-9-6-3)53-72-63-61(60(70)59(69)57(52-65)73-63)74-58(68)51-48-45-42-39-36-33-25-23-20-17-14-11-8-5-2/h8,11,17,20,24-26,33,46,49,54-57,59-61,63,65-67,69-70H,4-7,9-10,12-16,18-19,21-23,27-32,34-45,47-48,50-53H2,1-3H3,(H,64,71)/b11-8+,20-17+,26-24+,33-25+,49-46+. The largest absolute Gasteiger partial charge is 0.454 e. The van der Waals surface area contributed by atoms with Crippen molar-refractivity contribution in [2.75, 3.05) is 13.2 Å². The van der Waals surface area contributed by atoms with E-state index < -0.39 is 67.4 Å². The second-order valence-electron chi connectivity index (χ2n) is 21.0. The third kappa shape index (κ3) is 38.8. The van der Waals surface area contributed by atoms with E-state index in [9.17, 15) is 35.1 Å². The first-order valence-electron chi connectivity index (χ1n) is 30.6. The van der Waals surface area contributed by atoms with Crippen LogP contribution in [-0.4, -0.2) is 99.6 Å². The van der Waals surface area contributed by atoms with Gasteiger partial charge in [-0.25, -0.2) is 0 Å². The van der Waals surface area contributed by atoms with E-state index in [1.54, 1.807) is 6.08 Å². The number of ether oxygens (including phenoxy) is 3. The second-order valence-corrected chi connectivity index (χ2v) is 21.0. The Bertz CT molecular complexity index is 1430. The monoisotopic (exact) mass is 1040 g/mol. The van der Waals surface area contributed by atoms with E-state index in [1.807, 2.05) is 6.08 Å². The molecule has 1 rings (SSSR count). The molecule has 11 heteroatoms. The van der Waals surface area contributed by atoms with Crippen LogP contribution in [0.4, 0.5) is 0 Å². The van der Waals surface area contributed by atoms with Gasteiger partial charge in [0.1, 0.15) is 24.4 Å². The van der Waals surface area contributed by atoms with Crippen molar-refractivity contribution in [2.24, 2.45) is 0 Å². The molecule has 1 aliphatic rings. The fourth-order valence-corrected chi connectivity index (χ4v) is 9.31. The molecule has 74 heavy (non-hydrogen) atoms. The Morgan fingerprint density at radius 1 is 0.541 bits per heavy atom. The Morgan fingerprint density at radius 3 is 1.47 bits per heavy atom. The van der Waals surface area contributed by atoms with Gasteiger partial charge in [0.25, 0.3) is 0 Å². The minimum atomic E-state index is -1.62. The van der Waals surface area contributed by atoms with Crippen molar-refractivity contribution < 1.29 is 49.3 Å². The van der Waals surface area contributed by atoms with E-state index in [1.165, 1.54) is 135 Å². The molecule has 0 saturated carbocycles. The van der Waals surface area contributed by atoms with Crippen LogP contribution in [0.15, 0.2) is 60.8 Å². The number of carbonyl (C=O) groups excluding carboxylic acids is 2. The molecule has 1 heterocycles. The van der Waals surface area contributed by atoms with Crippen molar-refractivity contribution in [1.29, 1.82) is 0 Å². The Balaban J connectivity index is 2.67. The second kappa shape index (κ2) is 51.1. The smallest absolute Gasteiger partial charge is 0.306 e. The van der Waals surface area contributed by atoms with Gasteiger partial charge in [0.05, 0.1) is 25.4 Å². The van der Waals surface area contributed by atoms with Crippen LogP contribution >= 0.6 is 0 Å². The first-order valence-corrected chi connectivity index (χ1v) is 30.6. The molecular weight excluding hydrogens is 931 g/mol. The quantitative estimate of drug-likeness (QED) is 0.0195. The van der Waals surface area contributed by atoms with Gasteiger partial charge in [-0.1, -0.05) is 236 Å². The van der Waals surface area contributed by atoms with Crippen molar-refractivity contribution in [3.05, 3.63) is 60.8 Å². The summed E-state index contributed by atoms with van der Waals surface area (Å²) in [5, 5.41) is 56.9. The zero-order valence-electron chi connectivity index (χ0n) is 47.5. The fraction of sp³-hybridized carbons (Fsp3) is 0.810. The number of carbonyl (C=O) groups is 2. The van der Waals surface area contributed by atoms with Gasteiger partial charge < -0.3 is 45.1 Å². The van der Waals surface area contributed by atoms with Gasteiger partial charge in [-0.05, 0) is 83.5 Å². The van der Waals surface area contributed by atoms with Crippen LogP contribution < -0.4 is 5.32 Å². The van der Waals surface area contributed by atoms with Crippen molar-refractivity contribution in [3.63, 3.8) is 0 Å². The van der Waals surface area contributed by atoms with E-state index in [0.717, 1.165) is 83.5 Å². The first-order chi connectivity index (χ1) is 36.2. The van der Waals surface area contributed by atoms with E-state index in [2.05, 4.69) is 74.7 Å². The van der Waals surface area contributed by atoms with Crippen LogP contribution in [0.25, 0.3) is 0 Å². The van der Waals surface area contributed by atoms with Crippen LogP contribution in [0, 0.1) is 0 Å². The number of aliphatic hydroxyl groups excluding tert-OH is 5. The molecule has 1 amide bonds. The topological polar surface area (TPSA) is 175 Å². The van der Waals surface area contributed by atoms with Crippen LogP contribution in [-0.2, 0) is 23.8 Å². The molecule has 8 unspecified atom stereocenters. The lowest BCUT2D eigenvalue weighted by Gasteiger charge is -2.41. The lowest BCUT2D eigenvalue weighted by Crippen LogP contribution is -2.61. The third-order valence-electron chi connectivity index (χ3n) is 14.2. The van der Waals surface area contributed by atoms with Crippen molar-refractivity contribution in [3.8, 4) is 0 Å². The van der Waals surface area contributed by atoms with E-state index in [4.69, 9.17) is 14.2 Å². The Morgan fingerprint density at radius 2 is 0.973 bits per heavy atom. The van der Waals surface area contributed by atoms with E-state index in [-0.39, 0.29) is 19.4 Å². The van der Waals surface area contributed by atoms with E-state index in [0.29, 0.717) is 12.8 Å². The Kier molecular flexibility index (Phi) is 47.9. The molecule has 1 fully saturated rings. The predicted molar refractivity (Wildman–Crippen MR) is 306 cm³/mol. The average molecular weight is 1040 g/mol. The summed E-state index contributed by atoms with van der Waals surface area (Å²) in [6.45, 7) is 5.65. The summed E-state index contributed by atoms with van der Waals surface area (Å²) in [4.78, 5) is 26.5. The van der Waals surface area contributed by atoms with Crippen LogP contribution in [0.2, 0.25) is 0 Å². The van der Waals surface area contributed by atoms with Crippen molar-refractivity contribution >= 4 is 11.9 Å². The molecule has 8 atom stereocenters. The normalized spacial score (nSPS) is 19.7. The average Bonchev–Trinajstić information content (AvgIpc) is 3.40. The molecule has 0 radical (unpaired) electrons. The molecule has 0 bridgehead atoms. The number of aliphatic hydroxyl groups is 5. The van der Waals surface area contributed by atoms with Gasteiger partial charge in [-0.15, -0.1) is 0 Å². The number of allylic oxidation sites excluding steroid dienone is 9. The third-order valence-corrected chi connectivity index (χ3v) is 14.2. The highest BCUT2D eigenvalue weighted by Crippen LogP contribution is 2.26. The summed E-state index contributed by atoms with van der Waals surface area (Å²) >= 11 is 0. The van der Waals surface area contributed by atoms with Gasteiger partial charge >= 0.3 is 5.97 Å².